The lowest BCUT2D eigenvalue weighted by Gasteiger charge is -2.18. The highest BCUT2D eigenvalue weighted by Gasteiger charge is 2.18. The maximum atomic E-state index is 14.7. The summed E-state index contributed by atoms with van der Waals surface area (Å²) in [6, 6.07) is 6.58. The van der Waals surface area contributed by atoms with Crippen LogP contribution in [-0.4, -0.2) is 22.0 Å². The molecule has 0 aliphatic heterocycles. The normalized spacial score (nSPS) is 15.0. The molecule has 0 spiro atoms. The van der Waals surface area contributed by atoms with Gasteiger partial charge in [-0.1, -0.05) is 37.3 Å². The van der Waals surface area contributed by atoms with Crippen molar-refractivity contribution in [3.63, 3.8) is 0 Å². The number of pyridine rings is 2. The monoisotopic (exact) mass is 440 g/mol. The molecule has 0 radical (unpaired) electrons. The predicted octanol–water partition coefficient (Wildman–Crippen LogP) is 6.55. The number of halogens is 2. The first kappa shape index (κ1) is 21.5. The quantitative estimate of drug-likeness (QED) is 0.358. The minimum Gasteiger partial charge on any atom is -0.335 e. The van der Waals surface area contributed by atoms with Gasteiger partial charge in [0.25, 0.3) is 0 Å². The van der Waals surface area contributed by atoms with Crippen LogP contribution in [0.5, 0.6) is 0 Å². The van der Waals surface area contributed by atoms with Crippen LogP contribution in [0.3, 0.4) is 0 Å². The number of aryl methyl sites for hydroxylation is 2. The predicted molar refractivity (Wildman–Crippen MR) is 123 cm³/mol. The van der Waals surface area contributed by atoms with Crippen LogP contribution in [0.25, 0.3) is 22.0 Å². The standard InChI is InChI=1S/C24H26ClFN4O/c1-14-9-20(26)22(30-24(31)29-17-7-5-3-4-6-8-17)11-18(14)19-10-16-13-27-23(25)12-21(16)28-15(19)2/h9-13,17H,3-8H2,1-2H3,(H2,29,30,31). The average Bonchev–Trinajstić information content (AvgIpc) is 2.98. The van der Waals surface area contributed by atoms with Gasteiger partial charge in [0, 0.05) is 34.9 Å². The van der Waals surface area contributed by atoms with Crippen molar-refractivity contribution < 1.29 is 9.18 Å². The lowest BCUT2D eigenvalue weighted by Crippen LogP contribution is -2.37. The van der Waals surface area contributed by atoms with Crippen LogP contribution in [-0.2, 0) is 0 Å². The van der Waals surface area contributed by atoms with Gasteiger partial charge in [0.2, 0.25) is 0 Å². The molecule has 1 aromatic carbocycles. The molecular weight excluding hydrogens is 415 g/mol. The number of hydrogen-bond donors (Lipinski definition) is 2. The Kier molecular flexibility index (Phi) is 6.37. The number of carbonyl (C=O) groups is 1. The molecule has 1 saturated carbocycles. The lowest BCUT2D eigenvalue weighted by atomic mass is 9.97. The van der Waals surface area contributed by atoms with Gasteiger partial charge in [0.05, 0.1) is 11.2 Å². The van der Waals surface area contributed by atoms with Crippen LogP contribution in [0.1, 0.15) is 49.8 Å². The topological polar surface area (TPSA) is 66.9 Å². The van der Waals surface area contributed by atoms with Crippen molar-refractivity contribution in [2.45, 2.75) is 58.4 Å². The third-order valence-electron chi connectivity index (χ3n) is 5.90. The van der Waals surface area contributed by atoms with E-state index in [4.69, 9.17) is 11.6 Å². The molecular formula is C24H26ClFN4O. The van der Waals surface area contributed by atoms with Crippen LogP contribution in [0.4, 0.5) is 14.9 Å². The number of fused-ring (bicyclic) bond motifs is 1. The van der Waals surface area contributed by atoms with Gasteiger partial charge in [0.1, 0.15) is 11.0 Å². The number of benzene rings is 1. The van der Waals surface area contributed by atoms with Gasteiger partial charge in [-0.15, -0.1) is 0 Å². The van der Waals surface area contributed by atoms with E-state index in [1.165, 1.54) is 18.9 Å². The largest absolute Gasteiger partial charge is 0.335 e. The summed E-state index contributed by atoms with van der Waals surface area (Å²) in [7, 11) is 0. The molecule has 1 aliphatic carbocycles. The Labute approximate surface area is 186 Å². The van der Waals surface area contributed by atoms with Crippen LogP contribution < -0.4 is 10.6 Å². The summed E-state index contributed by atoms with van der Waals surface area (Å²) in [5, 5.41) is 6.93. The van der Waals surface area contributed by atoms with Crippen molar-refractivity contribution in [1.29, 1.82) is 0 Å². The second-order valence-electron chi connectivity index (χ2n) is 8.25. The highest BCUT2D eigenvalue weighted by molar-refractivity contribution is 6.30. The SMILES string of the molecule is Cc1cc(F)c(NC(=O)NC2CCCCCC2)cc1-c1cc2cnc(Cl)cc2nc1C. The number of anilines is 1. The fourth-order valence-electron chi connectivity index (χ4n) is 4.24. The molecule has 31 heavy (non-hydrogen) atoms. The van der Waals surface area contributed by atoms with Crippen molar-refractivity contribution >= 4 is 34.2 Å². The van der Waals surface area contributed by atoms with Gasteiger partial charge < -0.3 is 10.6 Å². The number of hydrogen-bond acceptors (Lipinski definition) is 3. The van der Waals surface area contributed by atoms with Crippen molar-refractivity contribution in [3.8, 4) is 11.1 Å². The van der Waals surface area contributed by atoms with Gasteiger partial charge >= 0.3 is 6.03 Å². The Morgan fingerprint density at radius 1 is 1.06 bits per heavy atom. The molecule has 2 heterocycles. The summed E-state index contributed by atoms with van der Waals surface area (Å²) in [6.07, 6.45) is 8.24. The molecule has 0 saturated heterocycles. The molecule has 0 bridgehead atoms. The number of amides is 2. The fourth-order valence-corrected chi connectivity index (χ4v) is 4.39. The van der Waals surface area contributed by atoms with Gasteiger partial charge in [0.15, 0.2) is 0 Å². The van der Waals surface area contributed by atoms with E-state index in [-0.39, 0.29) is 17.8 Å². The van der Waals surface area contributed by atoms with E-state index < -0.39 is 5.82 Å². The number of nitrogens with zero attached hydrogens (tertiary/aromatic N) is 2. The molecule has 1 fully saturated rings. The number of carbonyl (C=O) groups excluding carboxylic acids is 1. The minimum absolute atomic E-state index is 0.140. The number of rotatable bonds is 3. The zero-order valence-electron chi connectivity index (χ0n) is 17.8. The lowest BCUT2D eigenvalue weighted by molar-refractivity contribution is 0.247. The zero-order chi connectivity index (χ0) is 22.0. The first-order valence-corrected chi connectivity index (χ1v) is 11.1. The molecule has 2 amide bonds. The molecule has 2 aromatic heterocycles. The Balaban J connectivity index is 1.62. The van der Waals surface area contributed by atoms with E-state index in [0.717, 1.165) is 59.0 Å². The van der Waals surface area contributed by atoms with Crippen molar-refractivity contribution in [3.05, 3.63) is 52.7 Å². The second kappa shape index (κ2) is 9.18. The summed E-state index contributed by atoms with van der Waals surface area (Å²) in [5.41, 5.74) is 4.13. The van der Waals surface area contributed by atoms with Crippen LogP contribution >= 0.6 is 11.6 Å². The molecule has 7 heteroatoms. The molecule has 1 aliphatic rings. The molecule has 2 N–H and O–H groups in total. The molecule has 5 nitrogen and oxygen atoms in total. The Morgan fingerprint density at radius 3 is 2.55 bits per heavy atom. The second-order valence-corrected chi connectivity index (χ2v) is 8.64. The van der Waals surface area contributed by atoms with Gasteiger partial charge in [-0.2, -0.15) is 0 Å². The molecule has 162 valence electrons. The van der Waals surface area contributed by atoms with E-state index in [1.807, 2.05) is 19.9 Å². The van der Waals surface area contributed by atoms with Gasteiger partial charge in [-0.25, -0.2) is 14.2 Å². The van der Waals surface area contributed by atoms with E-state index >= 15 is 0 Å². The van der Waals surface area contributed by atoms with Crippen molar-refractivity contribution in [1.82, 2.24) is 15.3 Å². The Hall–Kier alpha value is -2.73. The van der Waals surface area contributed by atoms with Crippen LogP contribution in [0.2, 0.25) is 5.15 Å². The van der Waals surface area contributed by atoms with E-state index in [9.17, 15) is 9.18 Å². The maximum Gasteiger partial charge on any atom is 0.319 e. The Bertz CT molecular complexity index is 1130. The van der Waals surface area contributed by atoms with E-state index in [0.29, 0.717) is 5.15 Å². The highest BCUT2D eigenvalue weighted by Crippen LogP contribution is 2.32. The first-order chi connectivity index (χ1) is 14.9. The zero-order valence-corrected chi connectivity index (χ0v) is 18.5. The van der Waals surface area contributed by atoms with Crippen molar-refractivity contribution in [2.75, 3.05) is 5.32 Å². The number of urea groups is 1. The number of aromatic nitrogens is 2. The highest BCUT2D eigenvalue weighted by atomic mass is 35.5. The third-order valence-corrected chi connectivity index (χ3v) is 6.11. The number of nitrogens with one attached hydrogen (secondary N) is 2. The van der Waals surface area contributed by atoms with Crippen LogP contribution in [0.15, 0.2) is 30.5 Å². The molecule has 4 rings (SSSR count). The summed E-state index contributed by atoms with van der Waals surface area (Å²) >= 11 is 5.98. The van der Waals surface area contributed by atoms with E-state index in [1.54, 1.807) is 18.3 Å². The summed E-state index contributed by atoms with van der Waals surface area (Å²) in [4.78, 5) is 21.3. The smallest absolute Gasteiger partial charge is 0.319 e. The molecule has 3 aromatic rings. The van der Waals surface area contributed by atoms with E-state index in [2.05, 4.69) is 20.6 Å². The fraction of sp³-hybridized carbons (Fsp3) is 0.375. The van der Waals surface area contributed by atoms with Crippen molar-refractivity contribution in [2.24, 2.45) is 0 Å². The molecule has 0 atom stereocenters. The third kappa shape index (κ3) is 4.96. The minimum atomic E-state index is -0.461. The van der Waals surface area contributed by atoms with Gasteiger partial charge in [-0.3, -0.25) is 4.98 Å². The summed E-state index contributed by atoms with van der Waals surface area (Å²) in [5.74, 6) is -0.461. The Morgan fingerprint density at radius 2 is 1.81 bits per heavy atom. The average molecular weight is 441 g/mol. The molecule has 0 unspecified atom stereocenters. The summed E-state index contributed by atoms with van der Waals surface area (Å²) in [6.45, 7) is 3.75. The maximum absolute atomic E-state index is 14.7. The van der Waals surface area contributed by atoms with Crippen LogP contribution in [0, 0.1) is 19.7 Å². The van der Waals surface area contributed by atoms with Gasteiger partial charge in [-0.05, 0) is 56.0 Å². The first-order valence-electron chi connectivity index (χ1n) is 10.7. The summed E-state index contributed by atoms with van der Waals surface area (Å²) < 4.78 is 14.7.